The van der Waals surface area contributed by atoms with Crippen LogP contribution in [0, 0.1) is 5.41 Å². The molecule has 10 heteroatoms. The molecule has 2 N–H and O–H groups in total. The summed E-state index contributed by atoms with van der Waals surface area (Å²) < 4.78 is 20.8. The third-order valence-electron chi connectivity index (χ3n) is 6.24. The summed E-state index contributed by atoms with van der Waals surface area (Å²) in [6, 6.07) is 0. The average Bonchev–Trinajstić information content (AvgIpc) is 2.91. The van der Waals surface area contributed by atoms with Crippen molar-refractivity contribution in [2.45, 2.75) is 91.9 Å². The van der Waals surface area contributed by atoms with Crippen molar-refractivity contribution in [2.75, 3.05) is 39.5 Å². The number of unbranched alkanes of at least 4 members (excludes halogenated alkanes) is 7. The van der Waals surface area contributed by atoms with Gasteiger partial charge in [-0.2, -0.15) is 0 Å². The van der Waals surface area contributed by atoms with Crippen molar-refractivity contribution >= 4 is 24.1 Å². The second kappa shape index (κ2) is 21.8. The van der Waals surface area contributed by atoms with Gasteiger partial charge in [0.25, 0.3) is 0 Å². The quantitative estimate of drug-likeness (QED) is 0.0765. The maximum absolute atomic E-state index is 12.2. The first-order valence-corrected chi connectivity index (χ1v) is 14.0. The second-order valence-corrected chi connectivity index (χ2v) is 9.92. The van der Waals surface area contributed by atoms with E-state index in [-0.39, 0.29) is 50.7 Å². The molecular formula is C29H50N2O8. The van der Waals surface area contributed by atoms with Crippen LogP contribution in [0.1, 0.15) is 91.9 Å². The smallest absolute Gasteiger partial charge is 0.407 e. The van der Waals surface area contributed by atoms with Crippen LogP contribution in [-0.4, -0.2) is 63.6 Å². The van der Waals surface area contributed by atoms with Crippen molar-refractivity contribution in [3.8, 4) is 0 Å². The standard InChI is InChI=1S/C29H50N2O8/c1-7-9-10-11-12-13-14-15-16-29(8-2,21-38-27(34)30-17-19-36-25(32)23(3)4)22-39-28(35)31-18-20-37-26(33)24(5)6/h3,5,7-22H2,1-2,4,6H3,(H,30,34)(H,31,35). The zero-order valence-electron chi connectivity index (χ0n) is 24.5. The number of rotatable bonds is 22. The minimum absolute atomic E-state index is 0.00291. The van der Waals surface area contributed by atoms with Gasteiger partial charge in [-0.05, 0) is 26.7 Å². The lowest BCUT2D eigenvalue weighted by Gasteiger charge is -2.31. The Balaban J connectivity index is 4.76. The first kappa shape index (κ1) is 36.0. The van der Waals surface area contributed by atoms with Crippen LogP contribution >= 0.6 is 0 Å². The van der Waals surface area contributed by atoms with Crippen molar-refractivity contribution < 1.29 is 38.1 Å². The third kappa shape index (κ3) is 18.8. The molecule has 0 spiro atoms. The number of carbonyl (C=O) groups excluding carboxylic acids is 4. The van der Waals surface area contributed by atoms with Crippen LogP contribution in [0.25, 0.3) is 0 Å². The van der Waals surface area contributed by atoms with E-state index in [2.05, 4.69) is 30.7 Å². The normalized spacial score (nSPS) is 10.8. The summed E-state index contributed by atoms with van der Waals surface area (Å²) in [6.07, 6.45) is 9.38. The van der Waals surface area contributed by atoms with E-state index in [4.69, 9.17) is 18.9 Å². The van der Waals surface area contributed by atoms with E-state index in [1.807, 2.05) is 6.92 Å². The van der Waals surface area contributed by atoms with Crippen LogP contribution in [-0.2, 0) is 28.5 Å². The predicted octanol–water partition coefficient (Wildman–Crippen LogP) is 5.60. The largest absolute Gasteiger partial charge is 0.460 e. The van der Waals surface area contributed by atoms with Gasteiger partial charge < -0.3 is 29.6 Å². The summed E-state index contributed by atoms with van der Waals surface area (Å²) in [5.74, 6) is -1.05. The van der Waals surface area contributed by atoms with Gasteiger partial charge in [0.15, 0.2) is 0 Å². The number of hydrogen-bond acceptors (Lipinski definition) is 8. The van der Waals surface area contributed by atoms with Crippen molar-refractivity contribution in [1.82, 2.24) is 10.6 Å². The fraction of sp³-hybridized carbons (Fsp3) is 0.724. The molecule has 0 bridgehead atoms. The Morgan fingerprint density at radius 1 is 0.641 bits per heavy atom. The van der Waals surface area contributed by atoms with Gasteiger partial charge in [0, 0.05) is 16.6 Å². The van der Waals surface area contributed by atoms with E-state index < -0.39 is 29.5 Å². The number of nitrogens with one attached hydrogen (secondary N) is 2. The van der Waals surface area contributed by atoms with Gasteiger partial charge in [-0.3, -0.25) is 0 Å². The van der Waals surface area contributed by atoms with Crippen LogP contribution in [0.5, 0.6) is 0 Å². The SMILES string of the molecule is C=C(C)C(=O)OCCNC(=O)OCC(CC)(CCCCCCCCCC)COC(=O)NCCOC(=O)C(=C)C. The van der Waals surface area contributed by atoms with Crippen molar-refractivity contribution in [1.29, 1.82) is 0 Å². The summed E-state index contributed by atoms with van der Waals surface area (Å²) in [4.78, 5) is 47.3. The van der Waals surface area contributed by atoms with Gasteiger partial charge in [0.1, 0.15) is 26.4 Å². The van der Waals surface area contributed by atoms with Crippen molar-refractivity contribution in [3.63, 3.8) is 0 Å². The van der Waals surface area contributed by atoms with Crippen molar-refractivity contribution in [2.24, 2.45) is 5.41 Å². The van der Waals surface area contributed by atoms with Gasteiger partial charge in [0.2, 0.25) is 0 Å². The lowest BCUT2D eigenvalue weighted by molar-refractivity contribution is -0.139. The molecule has 224 valence electrons. The van der Waals surface area contributed by atoms with Crippen molar-refractivity contribution in [3.05, 3.63) is 24.3 Å². The number of esters is 2. The molecule has 0 rings (SSSR count). The van der Waals surface area contributed by atoms with Gasteiger partial charge in [-0.1, -0.05) is 78.4 Å². The summed E-state index contributed by atoms with van der Waals surface area (Å²) >= 11 is 0. The molecule has 0 saturated carbocycles. The Labute approximate surface area is 234 Å². The molecule has 0 aromatic rings. The molecule has 0 unspecified atom stereocenters. The second-order valence-electron chi connectivity index (χ2n) is 9.92. The first-order valence-electron chi connectivity index (χ1n) is 14.0. The number of ether oxygens (including phenoxy) is 4. The minimum atomic E-state index is -0.640. The van der Waals surface area contributed by atoms with E-state index in [1.165, 1.54) is 32.1 Å². The summed E-state index contributed by atoms with van der Waals surface area (Å²) in [6.45, 7) is 14.6. The lowest BCUT2D eigenvalue weighted by Crippen LogP contribution is -2.39. The summed E-state index contributed by atoms with van der Waals surface area (Å²) in [7, 11) is 0. The fourth-order valence-electron chi connectivity index (χ4n) is 3.58. The Kier molecular flexibility index (Phi) is 20.1. The number of amides is 2. The molecule has 10 nitrogen and oxygen atoms in total. The molecule has 39 heavy (non-hydrogen) atoms. The fourth-order valence-corrected chi connectivity index (χ4v) is 3.58. The van der Waals surface area contributed by atoms with E-state index in [9.17, 15) is 19.2 Å². The molecular weight excluding hydrogens is 504 g/mol. The molecule has 0 aromatic carbocycles. The predicted molar refractivity (Wildman–Crippen MR) is 150 cm³/mol. The zero-order valence-corrected chi connectivity index (χ0v) is 24.5. The molecule has 0 atom stereocenters. The first-order chi connectivity index (χ1) is 18.6. The third-order valence-corrected chi connectivity index (χ3v) is 6.24. The van der Waals surface area contributed by atoms with Crippen LogP contribution < -0.4 is 10.6 Å². The lowest BCUT2D eigenvalue weighted by atomic mass is 9.81. The summed E-state index contributed by atoms with van der Waals surface area (Å²) in [5, 5.41) is 5.11. The number of carbonyl (C=O) groups is 4. The molecule has 0 radical (unpaired) electrons. The molecule has 0 aliphatic rings. The minimum Gasteiger partial charge on any atom is -0.460 e. The molecule has 0 fully saturated rings. The maximum Gasteiger partial charge on any atom is 0.407 e. The molecule has 0 aliphatic heterocycles. The van der Waals surface area contributed by atoms with E-state index in [1.54, 1.807) is 13.8 Å². The van der Waals surface area contributed by atoms with Gasteiger partial charge in [-0.15, -0.1) is 0 Å². The highest BCUT2D eigenvalue weighted by molar-refractivity contribution is 5.87. The Bertz CT molecular complexity index is 731. The average molecular weight is 555 g/mol. The highest BCUT2D eigenvalue weighted by atomic mass is 16.6. The highest BCUT2D eigenvalue weighted by Crippen LogP contribution is 2.31. The molecule has 0 heterocycles. The monoisotopic (exact) mass is 554 g/mol. The zero-order chi connectivity index (χ0) is 29.5. The topological polar surface area (TPSA) is 129 Å². The molecule has 0 aromatic heterocycles. The molecule has 0 saturated heterocycles. The van der Waals surface area contributed by atoms with Crippen LogP contribution in [0.2, 0.25) is 0 Å². The highest BCUT2D eigenvalue weighted by Gasteiger charge is 2.32. The Hall–Kier alpha value is -3.04. The maximum atomic E-state index is 12.2. The van der Waals surface area contributed by atoms with Gasteiger partial charge in [-0.25, -0.2) is 19.2 Å². The van der Waals surface area contributed by atoms with E-state index >= 15 is 0 Å². The summed E-state index contributed by atoms with van der Waals surface area (Å²) in [5.41, 5.74) is 0.0155. The van der Waals surface area contributed by atoms with Crippen LogP contribution in [0.15, 0.2) is 24.3 Å². The van der Waals surface area contributed by atoms with Gasteiger partial charge >= 0.3 is 24.1 Å². The molecule has 0 aliphatic carbocycles. The Morgan fingerprint density at radius 3 is 1.44 bits per heavy atom. The Morgan fingerprint density at radius 2 is 1.05 bits per heavy atom. The van der Waals surface area contributed by atoms with Crippen LogP contribution in [0.3, 0.4) is 0 Å². The number of alkyl carbamates (subject to hydrolysis) is 2. The molecule has 2 amide bonds. The van der Waals surface area contributed by atoms with E-state index in [0.717, 1.165) is 25.7 Å². The van der Waals surface area contributed by atoms with Crippen LogP contribution in [0.4, 0.5) is 9.59 Å². The van der Waals surface area contributed by atoms with E-state index in [0.29, 0.717) is 6.42 Å². The van der Waals surface area contributed by atoms with Gasteiger partial charge in [0.05, 0.1) is 13.1 Å². The number of hydrogen-bond donors (Lipinski definition) is 2.